The summed E-state index contributed by atoms with van der Waals surface area (Å²) >= 11 is 0. The number of piperazine rings is 1. The molecule has 5 nitrogen and oxygen atoms in total. The van der Waals surface area contributed by atoms with Gasteiger partial charge in [0.1, 0.15) is 5.82 Å². The van der Waals surface area contributed by atoms with Crippen molar-refractivity contribution in [1.29, 1.82) is 0 Å². The first-order valence-electron chi connectivity index (χ1n) is 9.30. The molecule has 0 radical (unpaired) electrons. The Kier molecular flexibility index (Phi) is 8.73. The van der Waals surface area contributed by atoms with E-state index in [9.17, 15) is 0 Å². The van der Waals surface area contributed by atoms with Crippen molar-refractivity contribution in [3.63, 3.8) is 0 Å². The molecule has 1 fully saturated rings. The van der Waals surface area contributed by atoms with Gasteiger partial charge in [0.2, 0.25) is 0 Å². The summed E-state index contributed by atoms with van der Waals surface area (Å²) in [6.45, 7) is 6.06. The predicted octanol–water partition coefficient (Wildman–Crippen LogP) is 3.36. The zero-order valence-corrected chi connectivity index (χ0v) is 17.4. The van der Waals surface area contributed by atoms with E-state index >= 15 is 0 Å². The number of hydrogen-bond donors (Lipinski definition) is 1. The Bertz CT molecular complexity index is 886. The van der Waals surface area contributed by atoms with Crippen LogP contribution in [0.25, 0.3) is 21.7 Å². The summed E-state index contributed by atoms with van der Waals surface area (Å²) < 4.78 is 5.39. The molecule has 1 aliphatic rings. The lowest BCUT2D eigenvalue weighted by atomic mass is 10.1. The van der Waals surface area contributed by atoms with Crippen molar-refractivity contribution in [3.05, 3.63) is 48.5 Å². The van der Waals surface area contributed by atoms with E-state index < -0.39 is 0 Å². The Hall–Kier alpha value is -1.63. The third-order valence-corrected chi connectivity index (χ3v) is 5.05. The molecule has 4 rings (SSSR count). The van der Waals surface area contributed by atoms with Crippen molar-refractivity contribution in [2.45, 2.75) is 0 Å². The second-order valence-corrected chi connectivity index (χ2v) is 6.66. The Morgan fingerprint density at radius 3 is 2.18 bits per heavy atom. The number of fused-ring (bicyclic) bond motifs is 3. The summed E-state index contributed by atoms with van der Waals surface area (Å²) in [7, 11) is 0. The topological polar surface area (TPSA) is 48.8 Å². The summed E-state index contributed by atoms with van der Waals surface area (Å²) in [6.07, 6.45) is 0. The Morgan fingerprint density at radius 1 is 0.821 bits per heavy atom. The predicted molar refractivity (Wildman–Crippen MR) is 120 cm³/mol. The van der Waals surface area contributed by atoms with E-state index in [1.165, 1.54) is 16.2 Å². The van der Waals surface area contributed by atoms with Gasteiger partial charge in [0, 0.05) is 43.5 Å². The van der Waals surface area contributed by atoms with Gasteiger partial charge < -0.3 is 14.7 Å². The van der Waals surface area contributed by atoms with Gasteiger partial charge in [0.25, 0.3) is 0 Å². The van der Waals surface area contributed by atoms with E-state index in [0.29, 0.717) is 13.2 Å². The number of hydrogen-bond acceptors (Lipinski definition) is 5. The average Bonchev–Trinajstić information content (AvgIpc) is 2.71. The number of halogens is 2. The lowest BCUT2D eigenvalue weighted by molar-refractivity contribution is 0.0724. The van der Waals surface area contributed by atoms with Crippen LogP contribution in [0.3, 0.4) is 0 Å². The quantitative estimate of drug-likeness (QED) is 0.486. The van der Waals surface area contributed by atoms with Gasteiger partial charge in [-0.3, -0.25) is 4.90 Å². The minimum absolute atomic E-state index is 0. The number of nitrogens with zero attached hydrogens (tertiary/aromatic N) is 3. The maximum absolute atomic E-state index is 8.77. The molecular formula is C21H27Cl2N3O2. The van der Waals surface area contributed by atoms with E-state index in [-0.39, 0.29) is 31.4 Å². The standard InChI is InChI=1S/C21H25N3O2.2ClH/c25-14-16-26-15-13-23-9-11-24(12-10-23)21-19-7-2-1-5-17(19)18-6-3-4-8-20(18)22-21;;/h1-8,25H,9-16H2;2*1H. The zero-order valence-electron chi connectivity index (χ0n) is 15.8. The van der Waals surface area contributed by atoms with Crippen LogP contribution in [0.2, 0.25) is 0 Å². The molecule has 0 spiro atoms. The summed E-state index contributed by atoms with van der Waals surface area (Å²) in [5.74, 6) is 1.09. The molecule has 152 valence electrons. The van der Waals surface area contributed by atoms with E-state index in [2.05, 4.69) is 58.3 Å². The van der Waals surface area contributed by atoms with Crippen LogP contribution in [0.4, 0.5) is 5.82 Å². The molecule has 1 saturated heterocycles. The zero-order chi connectivity index (χ0) is 17.8. The van der Waals surface area contributed by atoms with Crippen LogP contribution in [0.5, 0.6) is 0 Å². The lowest BCUT2D eigenvalue weighted by Gasteiger charge is -2.36. The second-order valence-electron chi connectivity index (χ2n) is 6.66. The molecule has 0 amide bonds. The Labute approximate surface area is 178 Å². The van der Waals surface area contributed by atoms with Crippen LogP contribution < -0.4 is 4.90 Å². The molecule has 0 bridgehead atoms. The number of aliphatic hydroxyl groups excluding tert-OH is 1. The van der Waals surface area contributed by atoms with Crippen LogP contribution in [-0.2, 0) is 4.74 Å². The Balaban J connectivity index is 0.00000140. The van der Waals surface area contributed by atoms with Gasteiger partial charge in [-0.25, -0.2) is 4.98 Å². The number of para-hydroxylation sites is 1. The van der Waals surface area contributed by atoms with Crippen LogP contribution in [0.1, 0.15) is 0 Å². The SMILES string of the molecule is Cl.Cl.OCCOCCN1CCN(c2nc3ccccc3c3ccccc23)CC1. The van der Waals surface area contributed by atoms with Gasteiger partial charge in [-0.1, -0.05) is 42.5 Å². The summed E-state index contributed by atoms with van der Waals surface area (Å²) in [5.41, 5.74) is 1.06. The van der Waals surface area contributed by atoms with Crippen LogP contribution in [-0.4, -0.2) is 67.5 Å². The largest absolute Gasteiger partial charge is 0.394 e. The molecule has 0 saturated carbocycles. The van der Waals surface area contributed by atoms with Gasteiger partial charge in [-0.15, -0.1) is 24.8 Å². The Morgan fingerprint density at radius 2 is 1.46 bits per heavy atom. The molecule has 2 heterocycles. The first-order valence-corrected chi connectivity index (χ1v) is 9.30. The minimum atomic E-state index is 0. The molecule has 2 aromatic carbocycles. The van der Waals surface area contributed by atoms with E-state index in [0.717, 1.165) is 44.1 Å². The molecule has 1 N–H and O–H groups in total. The second kappa shape index (κ2) is 10.8. The lowest BCUT2D eigenvalue weighted by Crippen LogP contribution is -2.47. The van der Waals surface area contributed by atoms with Crippen molar-refractivity contribution >= 4 is 52.3 Å². The number of rotatable bonds is 6. The molecule has 0 atom stereocenters. The summed E-state index contributed by atoms with van der Waals surface area (Å²) in [5, 5.41) is 12.5. The van der Waals surface area contributed by atoms with Crippen molar-refractivity contribution in [3.8, 4) is 0 Å². The monoisotopic (exact) mass is 423 g/mol. The van der Waals surface area contributed by atoms with Gasteiger partial charge in [0.05, 0.1) is 25.3 Å². The third kappa shape index (κ3) is 4.85. The van der Waals surface area contributed by atoms with Gasteiger partial charge in [-0.05, 0) is 11.5 Å². The van der Waals surface area contributed by atoms with E-state index in [1.54, 1.807) is 0 Å². The summed E-state index contributed by atoms with van der Waals surface area (Å²) in [4.78, 5) is 9.81. The molecule has 7 heteroatoms. The summed E-state index contributed by atoms with van der Waals surface area (Å²) in [6, 6.07) is 16.9. The van der Waals surface area contributed by atoms with E-state index in [4.69, 9.17) is 14.8 Å². The molecule has 0 aliphatic carbocycles. The van der Waals surface area contributed by atoms with Crippen LogP contribution in [0, 0.1) is 0 Å². The maximum Gasteiger partial charge on any atom is 0.137 e. The molecule has 1 aliphatic heterocycles. The highest BCUT2D eigenvalue weighted by molar-refractivity contribution is 6.10. The molecule has 1 aromatic heterocycles. The smallest absolute Gasteiger partial charge is 0.137 e. The first kappa shape index (κ1) is 22.7. The highest BCUT2D eigenvalue weighted by atomic mass is 35.5. The number of benzene rings is 2. The van der Waals surface area contributed by atoms with Crippen LogP contribution in [0.15, 0.2) is 48.5 Å². The van der Waals surface area contributed by atoms with Crippen molar-refractivity contribution in [1.82, 2.24) is 9.88 Å². The van der Waals surface area contributed by atoms with Gasteiger partial charge in [-0.2, -0.15) is 0 Å². The normalized spacial score (nSPS) is 14.7. The van der Waals surface area contributed by atoms with Crippen molar-refractivity contribution in [2.24, 2.45) is 0 Å². The number of pyridine rings is 1. The molecule has 3 aromatic rings. The fourth-order valence-corrected chi connectivity index (χ4v) is 3.67. The molecular weight excluding hydrogens is 397 g/mol. The molecule has 28 heavy (non-hydrogen) atoms. The highest BCUT2D eigenvalue weighted by Crippen LogP contribution is 2.31. The van der Waals surface area contributed by atoms with Crippen molar-refractivity contribution < 1.29 is 9.84 Å². The third-order valence-electron chi connectivity index (χ3n) is 5.05. The van der Waals surface area contributed by atoms with Gasteiger partial charge >= 0.3 is 0 Å². The number of ether oxygens (including phenoxy) is 1. The average molecular weight is 424 g/mol. The number of aliphatic hydroxyl groups is 1. The number of aromatic nitrogens is 1. The fraction of sp³-hybridized carbons (Fsp3) is 0.381. The highest BCUT2D eigenvalue weighted by Gasteiger charge is 2.20. The maximum atomic E-state index is 8.77. The fourth-order valence-electron chi connectivity index (χ4n) is 3.67. The minimum Gasteiger partial charge on any atom is -0.394 e. The van der Waals surface area contributed by atoms with E-state index in [1.807, 2.05) is 0 Å². The van der Waals surface area contributed by atoms with Crippen LogP contribution >= 0.6 is 24.8 Å². The number of anilines is 1. The van der Waals surface area contributed by atoms with Crippen molar-refractivity contribution in [2.75, 3.05) is 57.4 Å². The molecule has 0 unspecified atom stereocenters. The first-order chi connectivity index (χ1) is 12.9. The van der Waals surface area contributed by atoms with Gasteiger partial charge in [0.15, 0.2) is 0 Å².